The standard InChI is InChI=1S/C17H29N3O3S/c1-17(2,3)23-16(21)18-12-8-5-9-13-19-24-15-11-7-6-10-14(15)20-22-4/h6-7,10-11,19-20H,5,8-9,12-13H2,1-4H3,(H,18,21)/p+1. The molecule has 0 unspecified atom stereocenters. The van der Waals surface area contributed by atoms with Gasteiger partial charge in [0.25, 0.3) is 0 Å². The van der Waals surface area contributed by atoms with E-state index in [9.17, 15) is 4.79 Å². The van der Waals surface area contributed by atoms with Gasteiger partial charge >= 0.3 is 6.09 Å². The zero-order valence-electron chi connectivity index (χ0n) is 15.1. The molecule has 1 aromatic carbocycles. The fraction of sp³-hybridized carbons (Fsp3) is 0.588. The number of hydrogen-bond acceptors (Lipinski definition) is 5. The Hall–Kier alpha value is -1.28. The summed E-state index contributed by atoms with van der Waals surface area (Å²) in [6.07, 6.45) is 2.70. The number of benzene rings is 1. The van der Waals surface area contributed by atoms with Gasteiger partial charge < -0.3 is 10.1 Å². The van der Waals surface area contributed by atoms with Gasteiger partial charge in [0.1, 0.15) is 5.60 Å². The Morgan fingerprint density at radius 3 is 2.58 bits per heavy atom. The first-order valence-corrected chi connectivity index (χ1v) is 9.05. The summed E-state index contributed by atoms with van der Waals surface area (Å²) in [6, 6.07) is 8.09. The zero-order chi connectivity index (χ0) is 17.8. The Morgan fingerprint density at radius 1 is 1.17 bits per heavy atom. The third-order valence-corrected chi connectivity index (χ3v) is 3.91. The summed E-state index contributed by atoms with van der Waals surface area (Å²) in [5.74, 6) is 0. The van der Waals surface area contributed by atoms with Gasteiger partial charge in [0, 0.05) is 19.2 Å². The maximum absolute atomic E-state index is 11.5. The lowest BCUT2D eigenvalue weighted by atomic mass is 10.2. The minimum Gasteiger partial charge on any atom is -0.444 e. The number of quaternary nitrogens is 1. The van der Waals surface area contributed by atoms with E-state index in [4.69, 9.17) is 9.57 Å². The topological polar surface area (TPSA) is 76.2 Å². The minimum atomic E-state index is -0.443. The minimum absolute atomic E-state index is 0.345. The van der Waals surface area contributed by atoms with Crippen LogP contribution in [0.15, 0.2) is 29.2 Å². The van der Waals surface area contributed by atoms with Crippen LogP contribution >= 0.6 is 11.9 Å². The van der Waals surface area contributed by atoms with Gasteiger partial charge in [0.2, 0.25) is 0 Å². The molecule has 0 saturated heterocycles. The fourth-order valence-corrected chi connectivity index (χ4v) is 2.71. The van der Waals surface area contributed by atoms with E-state index in [0.717, 1.165) is 36.4 Å². The second-order valence-electron chi connectivity index (χ2n) is 6.38. The molecule has 0 spiro atoms. The van der Waals surface area contributed by atoms with E-state index < -0.39 is 5.60 Å². The van der Waals surface area contributed by atoms with Crippen molar-refractivity contribution in [2.24, 2.45) is 0 Å². The van der Waals surface area contributed by atoms with Gasteiger partial charge in [-0.15, -0.1) is 0 Å². The largest absolute Gasteiger partial charge is 0.444 e. The van der Waals surface area contributed by atoms with Crippen molar-refractivity contribution < 1.29 is 19.8 Å². The number of carbonyl (C=O) groups is 1. The van der Waals surface area contributed by atoms with Crippen LogP contribution in [0.3, 0.4) is 0 Å². The molecule has 4 N–H and O–H groups in total. The van der Waals surface area contributed by atoms with Crippen molar-refractivity contribution in [3.63, 3.8) is 0 Å². The molecule has 0 bridgehead atoms. The van der Waals surface area contributed by atoms with Crippen molar-refractivity contribution in [3.8, 4) is 0 Å². The quantitative estimate of drug-likeness (QED) is 0.260. The summed E-state index contributed by atoms with van der Waals surface area (Å²) in [4.78, 5) is 17.7. The van der Waals surface area contributed by atoms with E-state index >= 15 is 0 Å². The molecule has 1 amide bonds. The van der Waals surface area contributed by atoms with Crippen LogP contribution in [-0.4, -0.2) is 31.9 Å². The Morgan fingerprint density at radius 2 is 1.88 bits per heavy atom. The summed E-state index contributed by atoms with van der Waals surface area (Å²) in [5, 5.41) is 2.77. The molecule has 0 aliphatic rings. The summed E-state index contributed by atoms with van der Waals surface area (Å²) in [5.41, 5.74) is 2.37. The predicted molar refractivity (Wildman–Crippen MR) is 97.0 cm³/mol. The highest BCUT2D eigenvalue weighted by molar-refractivity contribution is 7.97. The normalized spacial score (nSPS) is 11.3. The van der Waals surface area contributed by atoms with Crippen LogP contribution in [0.2, 0.25) is 0 Å². The summed E-state index contributed by atoms with van der Waals surface area (Å²) < 4.78 is 8.54. The van der Waals surface area contributed by atoms with Gasteiger partial charge in [0.15, 0.2) is 5.69 Å². The van der Waals surface area contributed by atoms with Crippen LogP contribution in [0, 0.1) is 0 Å². The van der Waals surface area contributed by atoms with Crippen molar-refractivity contribution in [1.82, 2.24) is 10.0 Å². The van der Waals surface area contributed by atoms with Crippen molar-refractivity contribution in [3.05, 3.63) is 24.3 Å². The van der Waals surface area contributed by atoms with E-state index in [1.807, 2.05) is 39.0 Å². The molecule has 0 aliphatic carbocycles. The maximum Gasteiger partial charge on any atom is 0.407 e. The number of alkyl carbamates (subject to hydrolysis) is 1. The predicted octanol–water partition coefficient (Wildman–Crippen LogP) is 2.73. The maximum atomic E-state index is 11.5. The molecular weight excluding hydrogens is 326 g/mol. The van der Waals surface area contributed by atoms with E-state index in [0.29, 0.717) is 6.54 Å². The van der Waals surface area contributed by atoms with Gasteiger partial charge in [0.05, 0.1) is 12.0 Å². The van der Waals surface area contributed by atoms with E-state index in [-0.39, 0.29) is 6.09 Å². The van der Waals surface area contributed by atoms with Crippen LogP contribution in [0.5, 0.6) is 0 Å². The van der Waals surface area contributed by atoms with Crippen molar-refractivity contribution in [2.45, 2.75) is 50.5 Å². The van der Waals surface area contributed by atoms with E-state index in [2.05, 4.69) is 16.1 Å². The molecule has 0 heterocycles. The van der Waals surface area contributed by atoms with Crippen molar-refractivity contribution in [1.29, 1.82) is 0 Å². The Bertz CT molecular complexity index is 492. The molecule has 6 nitrogen and oxygen atoms in total. The first-order valence-electron chi connectivity index (χ1n) is 8.24. The lowest BCUT2D eigenvalue weighted by molar-refractivity contribution is -0.831. The van der Waals surface area contributed by atoms with Gasteiger partial charge in [-0.3, -0.25) is 4.72 Å². The fourth-order valence-electron chi connectivity index (χ4n) is 1.93. The summed E-state index contributed by atoms with van der Waals surface area (Å²) >= 11 is 1.61. The Labute approximate surface area is 149 Å². The summed E-state index contributed by atoms with van der Waals surface area (Å²) in [7, 11) is 1.65. The van der Waals surface area contributed by atoms with E-state index in [1.165, 1.54) is 0 Å². The average Bonchev–Trinajstić information content (AvgIpc) is 2.50. The van der Waals surface area contributed by atoms with Gasteiger partial charge in [-0.1, -0.05) is 18.6 Å². The third-order valence-electron chi connectivity index (χ3n) is 2.97. The number of carbonyl (C=O) groups excluding carboxylic acids is 1. The zero-order valence-corrected chi connectivity index (χ0v) is 15.9. The van der Waals surface area contributed by atoms with Crippen molar-refractivity contribution >= 4 is 23.7 Å². The molecule has 7 heteroatoms. The van der Waals surface area contributed by atoms with E-state index in [1.54, 1.807) is 24.5 Å². The highest BCUT2D eigenvalue weighted by Crippen LogP contribution is 2.20. The smallest absolute Gasteiger partial charge is 0.407 e. The highest BCUT2D eigenvalue weighted by Gasteiger charge is 2.15. The molecule has 1 rings (SSSR count). The second-order valence-corrected chi connectivity index (χ2v) is 7.31. The number of amides is 1. The number of hydrogen-bond donors (Lipinski definition) is 3. The van der Waals surface area contributed by atoms with Crippen LogP contribution in [0.4, 0.5) is 10.5 Å². The van der Waals surface area contributed by atoms with Gasteiger partial charge in [-0.2, -0.15) is 5.48 Å². The summed E-state index contributed by atoms with van der Waals surface area (Å²) in [6.45, 7) is 7.14. The molecule has 136 valence electrons. The first-order chi connectivity index (χ1) is 11.4. The van der Waals surface area contributed by atoms with Crippen LogP contribution in [-0.2, 0) is 9.57 Å². The lowest BCUT2D eigenvalue weighted by Crippen LogP contribution is -2.76. The third kappa shape index (κ3) is 9.77. The molecule has 0 atom stereocenters. The molecule has 0 fully saturated rings. The highest BCUT2D eigenvalue weighted by atomic mass is 32.2. The second kappa shape index (κ2) is 11.3. The lowest BCUT2D eigenvalue weighted by Gasteiger charge is -2.19. The van der Waals surface area contributed by atoms with Crippen molar-refractivity contribution in [2.75, 3.05) is 20.2 Å². The number of ether oxygens (including phenoxy) is 1. The van der Waals surface area contributed by atoms with Crippen LogP contribution < -0.4 is 15.5 Å². The molecule has 24 heavy (non-hydrogen) atoms. The number of unbranched alkanes of at least 4 members (excludes halogenated alkanes) is 2. The van der Waals surface area contributed by atoms with Crippen LogP contribution in [0.25, 0.3) is 0 Å². The van der Waals surface area contributed by atoms with Gasteiger partial charge in [-0.25, -0.2) is 9.63 Å². The number of nitrogens with one attached hydrogen (secondary N) is 2. The Balaban J connectivity index is 2.06. The van der Waals surface area contributed by atoms with Gasteiger partial charge in [-0.05, 0) is 51.6 Å². The number of nitrogens with two attached hydrogens (primary N) is 1. The molecule has 0 saturated carbocycles. The Kier molecular flexibility index (Phi) is 9.78. The molecule has 0 radical (unpaired) electrons. The monoisotopic (exact) mass is 356 g/mol. The molecule has 0 aromatic heterocycles. The molecule has 0 aliphatic heterocycles. The molecule has 1 aromatic rings. The SMILES string of the molecule is CO[NH2+]c1ccccc1SNCCCCCNC(=O)OC(C)(C)C. The van der Waals surface area contributed by atoms with Crippen LogP contribution in [0.1, 0.15) is 40.0 Å². The first kappa shape index (κ1) is 20.8. The number of rotatable bonds is 10. The average molecular weight is 357 g/mol. The molecular formula is C17H30N3O3S+.